The van der Waals surface area contributed by atoms with Gasteiger partial charge in [0.05, 0.1) is 6.61 Å². The molecule has 0 aromatic carbocycles. The van der Waals surface area contributed by atoms with Gasteiger partial charge in [-0.15, -0.1) is 0 Å². The van der Waals surface area contributed by atoms with Gasteiger partial charge in [0, 0.05) is 6.42 Å². The molecule has 1 heterocycles. The maximum absolute atomic E-state index is 12.0. The van der Waals surface area contributed by atoms with E-state index in [9.17, 15) is 33.6 Å². The molecule has 1 fully saturated rings. The fourth-order valence-electron chi connectivity index (χ4n) is 5.62. The quantitative estimate of drug-likeness (QED) is 0.0401. The highest BCUT2D eigenvalue weighted by Gasteiger charge is 2.45. The number of hydrogen-bond acceptors (Lipinski definition) is 10. The number of carbonyl (C=O) groups excluding carboxylic acids is 1. The Labute approximate surface area is 272 Å². The molecule has 268 valence electrons. The van der Waals surface area contributed by atoms with E-state index in [4.69, 9.17) is 18.8 Å². The van der Waals surface area contributed by atoms with Gasteiger partial charge in [0.15, 0.2) is 6.29 Å². The van der Waals surface area contributed by atoms with Crippen LogP contribution in [-0.2, 0) is 29.1 Å². The maximum Gasteiger partial charge on any atom is 0.305 e. The molecule has 1 aliphatic heterocycles. The van der Waals surface area contributed by atoms with Gasteiger partial charge in [-0.3, -0.25) is 9.35 Å². The van der Waals surface area contributed by atoms with Crippen molar-refractivity contribution < 1.29 is 52.4 Å². The van der Waals surface area contributed by atoms with Crippen LogP contribution in [0.1, 0.15) is 148 Å². The molecule has 1 aliphatic rings. The fraction of sp³-hybridized carbons (Fsp3) is 0.970. The summed E-state index contributed by atoms with van der Waals surface area (Å²) in [5.74, 6) is -1.45. The first-order valence-corrected chi connectivity index (χ1v) is 19.3. The topological polar surface area (TPSA) is 180 Å². The third-order valence-electron chi connectivity index (χ3n) is 8.42. The molecule has 0 bridgehead atoms. The van der Waals surface area contributed by atoms with Crippen LogP contribution in [0.3, 0.4) is 0 Å². The van der Waals surface area contributed by atoms with Crippen molar-refractivity contribution in [2.24, 2.45) is 0 Å². The lowest BCUT2D eigenvalue weighted by Crippen LogP contribution is -2.60. The average molecular weight is 669 g/mol. The monoisotopic (exact) mass is 668 g/mol. The molecule has 0 aliphatic carbocycles. The zero-order chi connectivity index (χ0) is 33.3. The second-order valence-corrected chi connectivity index (χ2v) is 14.3. The Kier molecular flexibility index (Phi) is 24.5. The largest absolute Gasteiger partial charge is 0.463 e. The minimum Gasteiger partial charge on any atom is -0.463 e. The fourth-order valence-corrected chi connectivity index (χ4v) is 6.31. The highest BCUT2D eigenvalue weighted by atomic mass is 32.2. The van der Waals surface area contributed by atoms with Crippen molar-refractivity contribution in [3.05, 3.63) is 0 Å². The Morgan fingerprint density at radius 3 is 1.51 bits per heavy atom. The number of carbonyl (C=O) groups is 1. The van der Waals surface area contributed by atoms with E-state index >= 15 is 0 Å². The first-order chi connectivity index (χ1) is 21.5. The Balaban J connectivity index is 1.93. The standard InChI is InChI=1S/C33H64O11S/c1-2-3-4-5-6-7-8-9-10-11-12-13-14-15-16-17-18-19-20-21-22-23-29(35)42-24-27(34)25-43-33-32(38)31(37)30(36)28(44-33)26-45(39,40)41/h27-28,30-34,36-38H,2-26H2,1H3,(H,39,40,41)/t27?,28-,30-,31+,32-,33?/m1/s1. The minimum absolute atomic E-state index is 0.248. The van der Waals surface area contributed by atoms with Crippen molar-refractivity contribution in [2.45, 2.75) is 185 Å². The second kappa shape index (κ2) is 26.1. The zero-order valence-electron chi connectivity index (χ0n) is 27.7. The maximum atomic E-state index is 12.0. The molecule has 0 radical (unpaired) electrons. The lowest BCUT2D eigenvalue weighted by atomic mass is 10.00. The van der Waals surface area contributed by atoms with Crippen molar-refractivity contribution >= 4 is 16.1 Å². The van der Waals surface area contributed by atoms with Crippen molar-refractivity contribution in [1.82, 2.24) is 0 Å². The summed E-state index contributed by atoms with van der Waals surface area (Å²) in [6.07, 6.45) is 17.7. The Hall–Kier alpha value is -0.860. The van der Waals surface area contributed by atoms with Gasteiger partial charge in [-0.25, -0.2) is 0 Å². The molecular weight excluding hydrogens is 604 g/mol. The number of aliphatic hydroxyl groups excluding tert-OH is 4. The Morgan fingerprint density at radius 1 is 0.667 bits per heavy atom. The van der Waals surface area contributed by atoms with Crippen LogP contribution in [0.2, 0.25) is 0 Å². The minimum atomic E-state index is -4.54. The summed E-state index contributed by atoms with van der Waals surface area (Å²) >= 11 is 0. The van der Waals surface area contributed by atoms with Gasteiger partial charge in [0.1, 0.15) is 42.9 Å². The van der Waals surface area contributed by atoms with Crippen LogP contribution in [0.4, 0.5) is 0 Å². The number of aliphatic hydroxyl groups is 4. The van der Waals surface area contributed by atoms with E-state index in [-0.39, 0.29) is 13.0 Å². The van der Waals surface area contributed by atoms with E-state index in [0.29, 0.717) is 6.42 Å². The SMILES string of the molecule is CCCCCCCCCCCCCCCCCCCCCCCC(=O)OCC(O)COC1O[C@H](CS(=O)(=O)O)[C@@H](O)[C@H](O)[C@H]1O. The summed E-state index contributed by atoms with van der Waals surface area (Å²) in [7, 11) is -4.54. The van der Waals surface area contributed by atoms with Crippen LogP contribution >= 0.6 is 0 Å². The van der Waals surface area contributed by atoms with E-state index in [1.165, 1.54) is 109 Å². The third kappa shape index (κ3) is 22.4. The van der Waals surface area contributed by atoms with Crippen molar-refractivity contribution in [2.75, 3.05) is 19.0 Å². The lowest BCUT2D eigenvalue weighted by Gasteiger charge is -2.40. The molecule has 0 amide bonds. The first-order valence-electron chi connectivity index (χ1n) is 17.6. The second-order valence-electron chi connectivity index (χ2n) is 12.8. The van der Waals surface area contributed by atoms with E-state index in [0.717, 1.165) is 19.3 Å². The predicted molar refractivity (Wildman–Crippen MR) is 173 cm³/mol. The van der Waals surface area contributed by atoms with Gasteiger partial charge in [-0.1, -0.05) is 135 Å². The third-order valence-corrected chi connectivity index (χ3v) is 9.17. The van der Waals surface area contributed by atoms with E-state index in [1.807, 2.05) is 0 Å². The van der Waals surface area contributed by atoms with Crippen LogP contribution in [0.25, 0.3) is 0 Å². The summed E-state index contributed by atoms with van der Waals surface area (Å²) in [5.41, 5.74) is 0. The van der Waals surface area contributed by atoms with Crippen molar-refractivity contribution in [3.63, 3.8) is 0 Å². The first kappa shape index (κ1) is 42.2. The summed E-state index contributed by atoms with van der Waals surface area (Å²) in [6.45, 7) is 1.47. The molecule has 5 N–H and O–H groups in total. The number of unbranched alkanes of at least 4 members (excludes halogenated alkanes) is 20. The molecule has 6 atom stereocenters. The molecule has 11 nitrogen and oxygen atoms in total. The van der Waals surface area contributed by atoms with Crippen LogP contribution in [0.5, 0.6) is 0 Å². The Morgan fingerprint density at radius 2 is 1.09 bits per heavy atom. The molecule has 0 spiro atoms. The molecule has 0 saturated carbocycles. The van der Waals surface area contributed by atoms with Gasteiger partial charge < -0.3 is 34.6 Å². The van der Waals surface area contributed by atoms with Crippen LogP contribution < -0.4 is 0 Å². The Bertz CT molecular complexity index is 825. The van der Waals surface area contributed by atoms with Crippen LogP contribution in [0, 0.1) is 0 Å². The average Bonchev–Trinajstić information content (AvgIpc) is 2.99. The van der Waals surface area contributed by atoms with Crippen molar-refractivity contribution in [3.8, 4) is 0 Å². The normalized spacial score (nSPS) is 22.8. The summed E-state index contributed by atoms with van der Waals surface area (Å²) < 4.78 is 46.6. The number of esters is 1. The molecule has 0 aromatic rings. The molecule has 0 aromatic heterocycles. The summed E-state index contributed by atoms with van der Waals surface area (Å²) in [5, 5.41) is 39.8. The summed E-state index contributed by atoms with van der Waals surface area (Å²) in [6, 6.07) is 0. The van der Waals surface area contributed by atoms with Gasteiger partial charge in [0.2, 0.25) is 0 Å². The van der Waals surface area contributed by atoms with Crippen LogP contribution in [0.15, 0.2) is 0 Å². The van der Waals surface area contributed by atoms with E-state index in [1.54, 1.807) is 0 Å². The molecule has 12 heteroatoms. The van der Waals surface area contributed by atoms with Crippen molar-refractivity contribution in [1.29, 1.82) is 0 Å². The lowest BCUT2D eigenvalue weighted by molar-refractivity contribution is -0.296. The van der Waals surface area contributed by atoms with Gasteiger partial charge in [-0.2, -0.15) is 8.42 Å². The molecular formula is C33H64O11S. The highest BCUT2D eigenvalue weighted by molar-refractivity contribution is 7.85. The number of ether oxygens (including phenoxy) is 3. The van der Waals surface area contributed by atoms with E-state index < -0.39 is 65.3 Å². The molecule has 1 rings (SSSR count). The highest BCUT2D eigenvalue weighted by Crippen LogP contribution is 2.23. The molecule has 2 unspecified atom stereocenters. The molecule has 1 saturated heterocycles. The summed E-state index contributed by atoms with van der Waals surface area (Å²) in [4.78, 5) is 12.0. The van der Waals surface area contributed by atoms with Gasteiger partial charge >= 0.3 is 5.97 Å². The number of rotatable bonds is 29. The van der Waals surface area contributed by atoms with Crippen LogP contribution in [-0.4, -0.2) is 95.1 Å². The van der Waals surface area contributed by atoms with E-state index in [2.05, 4.69) is 6.92 Å². The molecule has 45 heavy (non-hydrogen) atoms. The number of hydrogen-bond donors (Lipinski definition) is 5. The predicted octanol–water partition coefficient (Wildman–Crippen LogP) is 5.20. The van der Waals surface area contributed by atoms with Gasteiger partial charge in [0.25, 0.3) is 10.1 Å². The van der Waals surface area contributed by atoms with Gasteiger partial charge in [-0.05, 0) is 6.42 Å². The smallest absolute Gasteiger partial charge is 0.305 e. The zero-order valence-corrected chi connectivity index (χ0v) is 28.6.